The Morgan fingerprint density at radius 2 is 2.12 bits per heavy atom. The smallest absolute Gasteiger partial charge is 0.191 e. The van der Waals surface area contributed by atoms with Crippen LogP contribution < -0.4 is 0 Å². The molecule has 0 saturated heterocycles. The Morgan fingerprint density at radius 1 is 1.38 bits per heavy atom. The van der Waals surface area contributed by atoms with Crippen molar-refractivity contribution >= 4 is 15.9 Å². The molecule has 1 aromatic carbocycles. The molecule has 0 aliphatic carbocycles. The number of hydrogen-bond donors (Lipinski definition) is 0. The second-order valence-electron chi connectivity index (χ2n) is 3.60. The van der Waals surface area contributed by atoms with Gasteiger partial charge in [-0.3, -0.25) is 0 Å². The highest BCUT2D eigenvalue weighted by atomic mass is 79.9. The van der Waals surface area contributed by atoms with Crippen LogP contribution in [-0.4, -0.2) is 4.98 Å². The van der Waals surface area contributed by atoms with Gasteiger partial charge in [0.2, 0.25) is 0 Å². The molecule has 0 bridgehead atoms. The molecule has 0 saturated carbocycles. The number of nitrogens with zero attached hydrogens (tertiary/aromatic N) is 1. The summed E-state index contributed by atoms with van der Waals surface area (Å²) in [7, 11) is 0. The van der Waals surface area contributed by atoms with E-state index >= 15 is 0 Å². The van der Waals surface area contributed by atoms with E-state index in [1.165, 1.54) is 6.07 Å². The lowest BCUT2D eigenvalue weighted by Gasteiger charge is -2.01. The summed E-state index contributed by atoms with van der Waals surface area (Å²) in [6.45, 7) is 3.53. The summed E-state index contributed by atoms with van der Waals surface area (Å²) in [6, 6.07) is 4.94. The normalized spacial score (nSPS) is 10.8. The van der Waals surface area contributed by atoms with Gasteiger partial charge in [-0.25, -0.2) is 9.37 Å². The van der Waals surface area contributed by atoms with Gasteiger partial charge >= 0.3 is 0 Å². The van der Waals surface area contributed by atoms with Crippen molar-refractivity contribution in [3.63, 3.8) is 0 Å². The first kappa shape index (κ1) is 11.3. The lowest BCUT2D eigenvalue weighted by Crippen LogP contribution is -1.87. The maximum absolute atomic E-state index is 13.1. The molecule has 0 amide bonds. The summed E-state index contributed by atoms with van der Waals surface area (Å²) in [5.74, 6) is 1.18. The fraction of sp³-hybridized carbons (Fsp3) is 0.250. The maximum Gasteiger partial charge on any atom is 0.191 e. The molecule has 1 aromatic heterocycles. The van der Waals surface area contributed by atoms with Crippen LogP contribution in [0.1, 0.15) is 17.2 Å². The lowest BCUT2D eigenvalue weighted by molar-refractivity contribution is 0.492. The summed E-state index contributed by atoms with van der Waals surface area (Å²) < 4.78 is 18.6. The third-order valence-electron chi connectivity index (χ3n) is 2.36. The van der Waals surface area contributed by atoms with E-state index < -0.39 is 0 Å². The molecule has 0 unspecified atom stereocenters. The van der Waals surface area contributed by atoms with Crippen molar-refractivity contribution in [3.8, 4) is 11.3 Å². The Balaban J connectivity index is 2.53. The van der Waals surface area contributed by atoms with Crippen molar-refractivity contribution in [2.75, 3.05) is 0 Å². The number of halogens is 2. The highest BCUT2D eigenvalue weighted by Crippen LogP contribution is 2.26. The number of aryl methyl sites for hydroxylation is 2. The van der Waals surface area contributed by atoms with E-state index in [1.807, 2.05) is 0 Å². The van der Waals surface area contributed by atoms with Crippen molar-refractivity contribution in [1.82, 2.24) is 4.98 Å². The highest BCUT2D eigenvalue weighted by Gasteiger charge is 2.12. The summed E-state index contributed by atoms with van der Waals surface area (Å²) in [5, 5.41) is 0.597. The van der Waals surface area contributed by atoms with E-state index in [0.717, 1.165) is 17.0 Å². The second-order valence-corrected chi connectivity index (χ2v) is 4.16. The Hall–Kier alpha value is -1.16. The molecule has 0 aliphatic rings. The topological polar surface area (TPSA) is 26.0 Å². The van der Waals surface area contributed by atoms with E-state index in [-0.39, 0.29) is 5.82 Å². The Labute approximate surface area is 102 Å². The SMILES string of the molecule is Cc1nc(-c2ccc(F)c(C)c2)c(CBr)o1. The first-order valence-corrected chi connectivity index (χ1v) is 6.02. The molecule has 0 aliphatic heterocycles. The number of aromatic nitrogens is 1. The molecule has 1 heterocycles. The second kappa shape index (κ2) is 4.37. The number of benzene rings is 1. The van der Waals surface area contributed by atoms with Gasteiger partial charge in [-0.2, -0.15) is 0 Å². The summed E-state index contributed by atoms with van der Waals surface area (Å²) in [5.41, 5.74) is 2.27. The minimum Gasteiger partial charge on any atom is -0.444 e. The van der Waals surface area contributed by atoms with Crippen molar-refractivity contribution in [2.45, 2.75) is 19.2 Å². The molecule has 0 spiro atoms. The zero-order chi connectivity index (χ0) is 11.7. The number of oxazole rings is 1. The van der Waals surface area contributed by atoms with Gasteiger partial charge in [0.15, 0.2) is 5.89 Å². The van der Waals surface area contributed by atoms with Crippen molar-refractivity contribution in [3.05, 3.63) is 41.2 Å². The van der Waals surface area contributed by atoms with Crippen LogP contribution in [0.5, 0.6) is 0 Å². The molecule has 84 valence electrons. The van der Waals surface area contributed by atoms with E-state index in [4.69, 9.17) is 4.42 Å². The molecular weight excluding hydrogens is 273 g/mol. The van der Waals surface area contributed by atoms with Crippen LogP contribution in [0.3, 0.4) is 0 Å². The van der Waals surface area contributed by atoms with Gasteiger partial charge in [0.1, 0.15) is 17.3 Å². The van der Waals surface area contributed by atoms with Gasteiger partial charge in [-0.15, -0.1) is 0 Å². The quantitative estimate of drug-likeness (QED) is 0.779. The molecule has 0 radical (unpaired) electrons. The largest absolute Gasteiger partial charge is 0.444 e. The van der Waals surface area contributed by atoms with Gasteiger partial charge < -0.3 is 4.42 Å². The first-order chi connectivity index (χ1) is 7.61. The van der Waals surface area contributed by atoms with Crippen LogP contribution in [-0.2, 0) is 5.33 Å². The van der Waals surface area contributed by atoms with Gasteiger partial charge in [-0.05, 0) is 30.7 Å². The first-order valence-electron chi connectivity index (χ1n) is 4.90. The summed E-state index contributed by atoms with van der Waals surface area (Å²) in [4.78, 5) is 4.30. The molecule has 4 heteroatoms. The van der Waals surface area contributed by atoms with Crippen LogP contribution in [0.4, 0.5) is 4.39 Å². The monoisotopic (exact) mass is 283 g/mol. The number of alkyl halides is 1. The fourth-order valence-electron chi connectivity index (χ4n) is 1.58. The summed E-state index contributed by atoms with van der Waals surface area (Å²) in [6.07, 6.45) is 0. The third kappa shape index (κ3) is 2.02. The Morgan fingerprint density at radius 3 is 2.75 bits per heavy atom. The number of hydrogen-bond acceptors (Lipinski definition) is 2. The van der Waals surface area contributed by atoms with Crippen molar-refractivity contribution < 1.29 is 8.81 Å². The zero-order valence-electron chi connectivity index (χ0n) is 9.05. The van der Waals surface area contributed by atoms with Crippen LogP contribution >= 0.6 is 15.9 Å². The summed E-state index contributed by atoms with van der Waals surface area (Å²) >= 11 is 3.34. The maximum atomic E-state index is 13.1. The van der Waals surface area contributed by atoms with Crippen molar-refractivity contribution in [2.24, 2.45) is 0 Å². The van der Waals surface area contributed by atoms with Gasteiger partial charge in [0.05, 0.1) is 5.33 Å². The molecule has 2 rings (SSSR count). The molecule has 2 nitrogen and oxygen atoms in total. The van der Waals surface area contributed by atoms with Crippen LogP contribution in [0.2, 0.25) is 0 Å². The zero-order valence-corrected chi connectivity index (χ0v) is 10.6. The van der Waals surface area contributed by atoms with E-state index in [1.54, 1.807) is 26.0 Å². The Kier molecular flexibility index (Phi) is 3.10. The molecule has 0 N–H and O–H groups in total. The predicted octanol–water partition coefficient (Wildman–Crippen LogP) is 3.99. The molecule has 2 aromatic rings. The van der Waals surface area contributed by atoms with Gasteiger partial charge in [0, 0.05) is 12.5 Å². The van der Waals surface area contributed by atoms with Crippen molar-refractivity contribution in [1.29, 1.82) is 0 Å². The lowest BCUT2D eigenvalue weighted by atomic mass is 10.1. The molecule has 16 heavy (non-hydrogen) atoms. The van der Waals surface area contributed by atoms with E-state index in [9.17, 15) is 4.39 Å². The van der Waals surface area contributed by atoms with Crippen LogP contribution in [0, 0.1) is 19.7 Å². The predicted molar refractivity (Wildman–Crippen MR) is 64.0 cm³/mol. The van der Waals surface area contributed by atoms with Crippen LogP contribution in [0.15, 0.2) is 22.6 Å². The van der Waals surface area contributed by atoms with E-state index in [2.05, 4.69) is 20.9 Å². The minimum absolute atomic E-state index is 0.204. The third-order valence-corrected chi connectivity index (χ3v) is 2.87. The average Bonchev–Trinajstić information content (AvgIpc) is 2.63. The molecule has 0 fully saturated rings. The highest BCUT2D eigenvalue weighted by molar-refractivity contribution is 9.08. The van der Waals surface area contributed by atoms with Crippen LogP contribution in [0.25, 0.3) is 11.3 Å². The minimum atomic E-state index is -0.204. The fourth-order valence-corrected chi connectivity index (χ4v) is 1.96. The van der Waals surface area contributed by atoms with E-state index in [0.29, 0.717) is 16.8 Å². The van der Waals surface area contributed by atoms with Gasteiger partial charge in [0.25, 0.3) is 0 Å². The Bertz CT molecular complexity index is 522. The number of rotatable bonds is 2. The molecule has 0 atom stereocenters. The standard InChI is InChI=1S/C12H11BrFNO/c1-7-5-9(3-4-10(7)14)12-11(6-13)16-8(2)15-12/h3-5H,6H2,1-2H3. The molecular formula is C12H11BrFNO. The average molecular weight is 284 g/mol. The van der Waals surface area contributed by atoms with Gasteiger partial charge in [-0.1, -0.05) is 15.9 Å².